The number of nitrogens with zero attached hydrogens (tertiary/aromatic N) is 6. The van der Waals surface area contributed by atoms with Crippen molar-refractivity contribution in [3.8, 4) is 28.8 Å². The van der Waals surface area contributed by atoms with E-state index in [0.29, 0.717) is 37.3 Å². The molecule has 1 atom stereocenters. The van der Waals surface area contributed by atoms with Gasteiger partial charge in [0.15, 0.2) is 17.2 Å². The van der Waals surface area contributed by atoms with Crippen molar-refractivity contribution in [2.45, 2.75) is 25.3 Å². The van der Waals surface area contributed by atoms with E-state index in [0.717, 1.165) is 0 Å². The molecule has 0 saturated carbocycles. The van der Waals surface area contributed by atoms with E-state index < -0.39 is 11.6 Å². The lowest BCUT2D eigenvalue weighted by atomic mass is 10.1. The molecule has 5 rings (SSSR count). The highest BCUT2D eigenvalue weighted by Crippen LogP contribution is 2.37. The number of likely N-dealkylation sites (tertiary alicyclic amines) is 1. The first-order valence-electron chi connectivity index (χ1n) is 11.3. The molecule has 4 aromatic rings. The molecule has 0 spiro atoms. The predicted molar refractivity (Wildman–Crippen MR) is 127 cm³/mol. The van der Waals surface area contributed by atoms with Crippen molar-refractivity contribution in [3.05, 3.63) is 60.4 Å². The third kappa shape index (κ3) is 4.17. The van der Waals surface area contributed by atoms with Crippen molar-refractivity contribution in [2.24, 2.45) is 0 Å². The van der Waals surface area contributed by atoms with Gasteiger partial charge in [0.2, 0.25) is 11.7 Å². The molecule has 36 heavy (non-hydrogen) atoms. The van der Waals surface area contributed by atoms with E-state index >= 15 is 8.78 Å². The fourth-order valence-corrected chi connectivity index (χ4v) is 4.41. The highest BCUT2D eigenvalue weighted by atomic mass is 19.2. The standard InChI is InChI=1S/C25H21F2N7O2/c26-21-17(8-9-18(22(21)27)36-16-6-2-1-3-7-16)23-20-24(29)30-14-31-25(20)34(32-23)15-5-4-12-33(13-15)19(35)10-11-28/h1-3,6-9,14-15H,4-5,10,12-13H2,(H2,29,30,31)/t15-/m1/s1. The quantitative estimate of drug-likeness (QED) is 0.445. The minimum atomic E-state index is -1.17. The van der Waals surface area contributed by atoms with Gasteiger partial charge < -0.3 is 15.4 Å². The second kappa shape index (κ2) is 9.58. The van der Waals surface area contributed by atoms with Gasteiger partial charge in [-0.15, -0.1) is 0 Å². The van der Waals surface area contributed by atoms with Gasteiger partial charge in [0, 0.05) is 18.7 Å². The number of benzene rings is 2. The van der Waals surface area contributed by atoms with Crippen LogP contribution in [0.25, 0.3) is 22.3 Å². The molecule has 11 heteroatoms. The van der Waals surface area contributed by atoms with Crippen LogP contribution in [0.4, 0.5) is 14.6 Å². The summed E-state index contributed by atoms with van der Waals surface area (Å²) >= 11 is 0. The van der Waals surface area contributed by atoms with Crippen LogP contribution in [0.5, 0.6) is 11.5 Å². The lowest BCUT2D eigenvalue weighted by Crippen LogP contribution is -2.40. The topological polar surface area (TPSA) is 123 Å². The smallest absolute Gasteiger partial charge is 0.236 e. The first kappa shape index (κ1) is 23.2. The zero-order chi connectivity index (χ0) is 25.2. The van der Waals surface area contributed by atoms with Crippen LogP contribution in [0, 0.1) is 23.0 Å². The largest absolute Gasteiger partial charge is 0.454 e. The number of nitrogens with two attached hydrogens (primary N) is 1. The van der Waals surface area contributed by atoms with E-state index in [4.69, 9.17) is 15.7 Å². The number of piperidine rings is 1. The van der Waals surface area contributed by atoms with Gasteiger partial charge in [-0.3, -0.25) is 4.79 Å². The maximum atomic E-state index is 15.3. The average Bonchev–Trinajstić information content (AvgIpc) is 3.28. The zero-order valence-corrected chi connectivity index (χ0v) is 19.1. The Balaban J connectivity index is 1.56. The van der Waals surface area contributed by atoms with E-state index in [-0.39, 0.29) is 46.6 Å². The Morgan fingerprint density at radius 2 is 1.97 bits per heavy atom. The molecule has 2 aromatic carbocycles. The molecular weight excluding hydrogens is 468 g/mol. The van der Waals surface area contributed by atoms with Gasteiger partial charge in [-0.2, -0.15) is 14.8 Å². The molecule has 1 fully saturated rings. The average molecular weight is 489 g/mol. The molecule has 3 heterocycles. The Morgan fingerprint density at radius 1 is 1.17 bits per heavy atom. The van der Waals surface area contributed by atoms with E-state index in [1.165, 1.54) is 18.5 Å². The van der Waals surface area contributed by atoms with Gasteiger partial charge in [0.25, 0.3) is 0 Å². The summed E-state index contributed by atoms with van der Waals surface area (Å²) < 4.78 is 37.5. The maximum absolute atomic E-state index is 15.3. The number of anilines is 1. The molecule has 1 saturated heterocycles. The number of hydrogen-bond acceptors (Lipinski definition) is 7. The molecule has 0 bridgehead atoms. The van der Waals surface area contributed by atoms with Crippen LogP contribution in [0.2, 0.25) is 0 Å². The van der Waals surface area contributed by atoms with Crippen molar-refractivity contribution < 1.29 is 18.3 Å². The number of hydrogen-bond donors (Lipinski definition) is 1. The Hall–Kier alpha value is -4.59. The number of amides is 1. The van der Waals surface area contributed by atoms with Gasteiger partial charge >= 0.3 is 0 Å². The van der Waals surface area contributed by atoms with Crippen molar-refractivity contribution in [1.29, 1.82) is 5.26 Å². The SMILES string of the molecule is N#CCC(=O)N1CCC[C@@H](n2nc(-c3ccc(Oc4ccccc4)c(F)c3F)c3c(N)ncnc32)C1. The molecular formula is C25H21F2N7O2. The van der Waals surface area contributed by atoms with Crippen LogP contribution in [0.1, 0.15) is 25.3 Å². The summed E-state index contributed by atoms with van der Waals surface area (Å²) in [5.74, 6) is -2.42. The van der Waals surface area contributed by atoms with Gasteiger partial charge in [0.1, 0.15) is 30.0 Å². The maximum Gasteiger partial charge on any atom is 0.236 e. The molecule has 9 nitrogen and oxygen atoms in total. The Morgan fingerprint density at radius 3 is 2.75 bits per heavy atom. The van der Waals surface area contributed by atoms with Crippen LogP contribution in [0.3, 0.4) is 0 Å². The van der Waals surface area contributed by atoms with Crippen LogP contribution >= 0.6 is 0 Å². The summed E-state index contributed by atoms with van der Waals surface area (Å²) in [7, 11) is 0. The second-order valence-electron chi connectivity index (χ2n) is 8.38. The predicted octanol–water partition coefficient (Wildman–Crippen LogP) is 4.22. The minimum absolute atomic E-state index is 0.0684. The molecule has 1 amide bonds. The highest BCUT2D eigenvalue weighted by molar-refractivity contribution is 5.98. The van der Waals surface area contributed by atoms with Crippen molar-refractivity contribution >= 4 is 22.8 Å². The summed E-state index contributed by atoms with van der Waals surface area (Å²) in [4.78, 5) is 22.2. The Bertz CT molecular complexity index is 1480. The van der Waals surface area contributed by atoms with Crippen molar-refractivity contribution in [2.75, 3.05) is 18.8 Å². The fourth-order valence-electron chi connectivity index (χ4n) is 4.41. The lowest BCUT2D eigenvalue weighted by Gasteiger charge is -2.32. The van der Waals surface area contributed by atoms with Crippen molar-refractivity contribution in [1.82, 2.24) is 24.6 Å². The monoisotopic (exact) mass is 489 g/mol. The van der Waals surface area contributed by atoms with Gasteiger partial charge in [0.05, 0.1) is 17.5 Å². The third-order valence-electron chi connectivity index (χ3n) is 6.12. The molecule has 0 radical (unpaired) electrons. The third-order valence-corrected chi connectivity index (χ3v) is 6.12. The number of halogens is 2. The van der Waals surface area contributed by atoms with E-state index in [2.05, 4.69) is 15.1 Å². The van der Waals surface area contributed by atoms with E-state index in [9.17, 15) is 4.79 Å². The fraction of sp³-hybridized carbons (Fsp3) is 0.240. The normalized spacial score (nSPS) is 15.6. The lowest BCUT2D eigenvalue weighted by molar-refractivity contribution is -0.131. The van der Waals surface area contributed by atoms with E-state index in [1.807, 2.05) is 6.07 Å². The number of carbonyl (C=O) groups excluding carboxylic acids is 1. The van der Waals surface area contributed by atoms with E-state index in [1.54, 1.807) is 39.9 Å². The van der Waals surface area contributed by atoms with Gasteiger partial charge in [-0.1, -0.05) is 18.2 Å². The summed E-state index contributed by atoms with van der Waals surface area (Å²) in [6, 6.07) is 12.8. The second-order valence-corrected chi connectivity index (χ2v) is 8.38. The number of rotatable bonds is 5. The zero-order valence-electron chi connectivity index (χ0n) is 19.1. The number of aromatic nitrogens is 4. The summed E-state index contributed by atoms with van der Waals surface area (Å²) in [6.45, 7) is 0.838. The summed E-state index contributed by atoms with van der Waals surface area (Å²) in [5.41, 5.74) is 6.45. The summed E-state index contributed by atoms with van der Waals surface area (Å²) in [5, 5.41) is 13.7. The van der Waals surface area contributed by atoms with Crippen molar-refractivity contribution in [3.63, 3.8) is 0 Å². The van der Waals surface area contributed by atoms with Gasteiger partial charge in [-0.25, -0.2) is 19.0 Å². The highest BCUT2D eigenvalue weighted by Gasteiger charge is 2.30. The number of ether oxygens (including phenoxy) is 1. The van der Waals surface area contributed by atoms with Gasteiger partial charge in [-0.05, 0) is 37.1 Å². The molecule has 2 N–H and O–H groups in total. The molecule has 1 aliphatic heterocycles. The summed E-state index contributed by atoms with van der Waals surface area (Å²) in [6.07, 6.45) is 2.42. The molecule has 0 unspecified atom stereocenters. The Labute approximate surface area is 204 Å². The Kier molecular flexibility index (Phi) is 6.16. The molecule has 0 aliphatic carbocycles. The minimum Gasteiger partial charge on any atom is -0.454 e. The molecule has 2 aromatic heterocycles. The molecule has 1 aliphatic rings. The van der Waals surface area contributed by atoms with Crippen LogP contribution in [-0.4, -0.2) is 43.6 Å². The number of para-hydroxylation sites is 1. The number of nitrogen functional groups attached to an aromatic ring is 1. The number of fused-ring (bicyclic) bond motifs is 1. The number of nitriles is 1. The van der Waals surface area contributed by atoms with Crippen LogP contribution < -0.4 is 10.5 Å². The number of carbonyl (C=O) groups is 1. The first-order valence-corrected chi connectivity index (χ1v) is 11.3. The van der Waals surface area contributed by atoms with Crippen LogP contribution in [-0.2, 0) is 4.79 Å². The molecule has 182 valence electrons. The van der Waals surface area contributed by atoms with Crippen LogP contribution in [0.15, 0.2) is 48.8 Å². The first-order chi connectivity index (χ1) is 17.5.